The number of nitrogen functional groups attached to an aromatic ring is 1. The summed E-state index contributed by atoms with van der Waals surface area (Å²) >= 11 is 17.6. The van der Waals surface area contributed by atoms with Crippen LogP contribution in [0.4, 0.5) is 11.4 Å². The molecule has 0 saturated heterocycles. The average molecular weight is 360 g/mol. The fraction of sp³-hybridized carbons (Fsp3) is 0.133. The second-order valence-electron chi connectivity index (χ2n) is 4.56. The van der Waals surface area contributed by atoms with Gasteiger partial charge in [0, 0.05) is 10.7 Å². The molecule has 3 N–H and O–H groups in total. The van der Waals surface area contributed by atoms with Crippen molar-refractivity contribution < 1.29 is 9.53 Å². The first-order valence-corrected chi connectivity index (χ1v) is 7.48. The topological polar surface area (TPSA) is 64.3 Å². The van der Waals surface area contributed by atoms with Gasteiger partial charge in [0.1, 0.15) is 5.75 Å². The lowest BCUT2D eigenvalue weighted by atomic mass is 10.2. The summed E-state index contributed by atoms with van der Waals surface area (Å²) < 4.78 is 5.53. The van der Waals surface area contributed by atoms with E-state index in [1.54, 1.807) is 43.3 Å². The molecule has 0 fully saturated rings. The Labute approximate surface area is 143 Å². The predicted molar refractivity (Wildman–Crippen MR) is 91.0 cm³/mol. The van der Waals surface area contributed by atoms with Crippen molar-refractivity contribution in [2.24, 2.45) is 0 Å². The maximum atomic E-state index is 12.1. The number of hydrogen-bond acceptors (Lipinski definition) is 3. The van der Waals surface area contributed by atoms with Crippen molar-refractivity contribution in [3.63, 3.8) is 0 Å². The zero-order chi connectivity index (χ0) is 16.3. The first-order valence-electron chi connectivity index (χ1n) is 6.34. The quantitative estimate of drug-likeness (QED) is 0.782. The van der Waals surface area contributed by atoms with E-state index in [1.165, 1.54) is 0 Å². The van der Waals surface area contributed by atoms with Crippen LogP contribution in [-0.4, -0.2) is 12.0 Å². The lowest BCUT2D eigenvalue weighted by Gasteiger charge is -2.16. The van der Waals surface area contributed by atoms with E-state index in [1.807, 2.05) is 0 Å². The summed E-state index contributed by atoms with van der Waals surface area (Å²) in [6, 6.07) is 9.61. The molecule has 22 heavy (non-hydrogen) atoms. The van der Waals surface area contributed by atoms with Crippen molar-refractivity contribution in [1.82, 2.24) is 0 Å². The average Bonchev–Trinajstić information content (AvgIpc) is 2.45. The van der Waals surface area contributed by atoms with E-state index < -0.39 is 6.10 Å². The van der Waals surface area contributed by atoms with E-state index in [9.17, 15) is 4.79 Å². The van der Waals surface area contributed by atoms with Gasteiger partial charge in [-0.1, -0.05) is 34.8 Å². The summed E-state index contributed by atoms with van der Waals surface area (Å²) in [5.74, 6) is 0.0390. The van der Waals surface area contributed by atoms with Gasteiger partial charge in [-0.05, 0) is 43.3 Å². The molecule has 2 aromatic carbocycles. The Bertz CT molecular complexity index is 707. The standard InChI is InChI=1S/C15H13Cl3N2O2/c1-8(22-14-5-2-9(16)6-12(14)18)15(21)20-10-3-4-11(17)13(19)7-10/h2-8H,19H2,1H3,(H,20,21)/t8-/m1/s1. The molecule has 2 aromatic rings. The Kier molecular flexibility index (Phi) is 5.40. The second-order valence-corrected chi connectivity index (χ2v) is 5.81. The Morgan fingerprint density at radius 2 is 1.86 bits per heavy atom. The molecular formula is C15H13Cl3N2O2. The molecule has 0 aliphatic heterocycles. The fourth-order valence-corrected chi connectivity index (χ4v) is 2.25. The molecule has 116 valence electrons. The van der Waals surface area contributed by atoms with Crippen LogP contribution in [0.5, 0.6) is 5.75 Å². The summed E-state index contributed by atoms with van der Waals surface area (Å²) in [7, 11) is 0. The molecule has 0 bridgehead atoms. The Hall–Kier alpha value is -1.62. The van der Waals surface area contributed by atoms with Gasteiger partial charge >= 0.3 is 0 Å². The highest BCUT2D eigenvalue weighted by atomic mass is 35.5. The van der Waals surface area contributed by atoms with Crippen molar-refractivity contribution in [2.45, 2.75) is 13.0 Å². The fourth-order valence-electron chi connectivity index (χ4n) is 1.68. The lowest BCUT2D eigenvalue weighted by molar-refractivity contribution is -0.122. The minimum Gasteiger partial charge on any atom is -0.479 e. The molecule has 0 saturated carbocycles. The van der Waals surface area contributed by atoms with Gasteiger partial charge < -0.3 is 15.8 Å². The summed E-state index contributed by atoms with van der Waals surface area (Å²) in [6.45, 7) is 1.61. The van der Waals surface area contributed by atoms with Gasteiger partial charge in [0.15, 0.2) is 6.10 Å². The first-order chi connectivity index (χ1) is 10.4. The number of benzene rings is 2. The van der Waals surface area contributed by atoms with Gasteiger partial charge in [0.2, 0.25) is 0 Å². The molecule has 0 aromatic heterocycles. The molecule has 2 rings (SSSR count). The highest BCUT2D eigenvalue weighted by molar-refractivity contribution is 6.35. The first kappa shape index (κ1) is 16.7. The van der Waals surface area contributed by atoms with Crippen molar-refractivity contribution in [2.75, 3.05) is 11.1 Å². The molecule has 0 aliphatic carbocycles. The van der Waals surface area contributed by atoms with E-state index in [2.05, 4.69) is 5.32 Å². The Morgan fingerprint density at radius 1 is 1.14 bits per heavy atom. The summed E-state index contributed by atoms with van der Waals surface area (Å²) in [5.41, 5.74) is 6.60. The molecule has 0 spiro atoms. The number of nitrogens with two attached hydrogens (primary N) is 1. The minimum atomic E-state index is -0.754. The highest BCUT2D eigenvalue weighted by Gasteiger charge is 2.16. The zero-order valence-corrected chi connectivity index (χ0v) is 13.8. The van der Waals surface area contributed by atoms with Crippen LogP contribution in [0.25, 0.3) is 0 Å². The Morgan fingerprint density at radius 3 is 2.50 bits per heavy atom. The molecule has 0 radical (unpaired) electrons. The van der Waals surface area contributed by atoms with Gasteiger partial charge in [0.25, 0.3) is 5.91 Å². The maximum Gasteiger partial charge on any atom is 0.265 e. The number of ether oxygens (including phenoxy) is 1. The van der Waals surface area contributed by atoms with Crippen LogP contribution in [0.3, 0.4) is 0 Å². The summed E-state index contributed by atoms with van der Waals surface area (Å²) in [4.78, 5) is 12.1. The number of carbonyl (C=O) groups excluding carboxylic acids is 1. The van der Waals surface area contributed by atoms with E-state index in [0.717, 1.165) is 0 Å². The van der Waals surface area contributed by atoms with Crippen molar-refractivity contribution >= 4 is 52.1 Å². The van der Waals surface area contributed by atoms with Gasteiger partial charge in [-0.25, -0.2) is 0 Å². The third-order valence-electron chi connectivity index (χ3n) is 2.83. The summed E-state index contributed by atoms with van der Waals surface area (Å²) in [6.07, 6.45) is -0.754. The predicted octanol–water partition coefficient (Wildman–Crippen LogP) is 4.64. The van der Waals surface area contributed by atoms with Gasteiger partial charge in [0.05, 0.1) is 15.7 Å². The number of nitrogens with one attached hydrogen (secondary N) is 1. The van der Waals surface area contributed by atoms with Crippen LogP contribution in [0.2, 0.25) is 15.1 Å². The Balaban J connectivity index is 2.04. The molecule has 4 nitrogen and oxygen atoms in total. The number of carbonyl (C=O) groups is 1. The second kappa shape index (κ2) is 7.09. The van der Waals surface area contributed by atoms with Crippen molar-refractivity contribution in [1.29, 1.82) is 0 Å². The van der Waals surface area contributed by atoms with E-state index in [0.29, 0.717) is 32.2 Å². The number of hydrogen-bond donors (Lipinski definition) is 2. The summed E-state index contributed by atoms with van der Waals surface area (Å²) in [5, 5.41) is 3.94. The van der Waals surface area contributed by atoms with Crippen LogP contribution in [-0.2, 0) is 4.79 Å². The van der Waals surface area contributed by atoms with Crippen molar-refractivity contribution in [3.8, 4) is 5.75 Å². The molecular weight excluding hydrogens is 347 g/mol. The molecule has 0 unspecified atom stereocenters. The molecule has 1 amide bonds. The normalized spacial score (nSPS) is 11.8. The van der Waals surface area contributed by atoms with Gasteiger partial charge in [-0.2, -0.15) is 0 Å². The van der Waals surface area contributed by atoms with Gasteiger partial charge in [-0.15, -0.1) is 0 Å². The number of amides is 1. The number of halogens is 3. The minimum absolute atomic E-state index is 0.336. The van der Waals surface area contributed by atoms with Gasteiger partial charge in [-0.3, -0.25) is 4.79 Å². The van der Waals surface area contributed by atoms with Crippen LogP contribution in [0.15, 0.2) is 36.4 Å². The van der Waals surface area contributed by atoms with E-state index >= 15 is 0 Å². The van der Waals surface area contributed by atoms with E-state index in [4.69, 9.17) is 45.3 Å². The lowest BCUT2D eigenvalue weighted by Crippen LogP contribution is -2.30. The molecule has 0 aliphatic rings. The van der Waals surface area contributed by atoms with Crippen LogP contribution in [0.1, 0.15) is 6.92 Å². The molecule has 7 heteroatoms. The third-order valence-corrected chi connectivity index (χ3v) is 3.71. The third kappa shape index (κ3) is 4.19. The largest absolute Gasteiger partial charge is 0.479 e. The number of rotatable bonds is 4. The molecule has 0 heterocycles. The van der Waals surface area contributed by atoms with Crippen molar-refractivity contribution in [3.05, 3.63) is 51.5 Å². The SMILES string of the molecule is C[C@@H](Oc1ccc(Cl)cc1Cl)C(=O)Nc1ccc(Cl)c(N)c1. The maximum absolute atomic E-state index is 12.1. The smallest absolute Gasteiger partial charge is 0.265 e. The van der Waals surface area contributed by atoms with E-state index in [-0.39, 0.29) is 5.91 Å². The number of anilines is 2. The molecule has 1 atom stereocenters. The highest BCUT2D eigenvalue weighted by Crippen LogP contribution is 2.28. The van der Waals surface area contributed by atoms with Crippen LogP contribution in [0, 0.1) is 0 Å². The monoisotopic (exact) mass is 358 g/mol. The zero-order valence-electron chi connectivity index (χ0n) is 11.6. The van der Waals surface area contributed by atoms with Crippen LogP contribution < -0.4 is 15.8 Å². The van der Waals surface area contributed by atoms with Crippen LogP contribution >= 0.6 is 34.8 Å².